The topological polar surface area (TPSA) is 13.1 Å². The Balaban J connectivity index is 1.63. The molecular weight excluding hydrogens is 544 g/mol. The first-order valence-electron chi connectivity index (χ1n) is 23.8. The SMILES string of the molecule is [2H]c1c([2H])c([2H])c(-c2ccc3c(-c4c5c([2H])c([2H])c([2H])c([2H])c5c(-c5ccccc5)c5c([2H])c([2H])c([2H])c([2H])c45)c(-c4c([2H])c([2H])c([2H])c5c([2H])c([2H])c([2H])c([2H])c45)oc3c2)c([2H])c1[2H]. The lowest BCUT2D eigenvalue weighted by molar-refractivity contribution is 0.633. The molecule has 0 unspecified atom stereocenters. The van der Waals surface area contributed by atoms with Gasteiger partial charge in [-0.05, 0) is 66.7 Å². The number of rotatable bonds is 4. The largest absolute Gasteiger partial charge is 0.455 e. The molecule has 8 aromatic carbocycles. The van der Waals surface area contributed by atoms with Crippen LogP contribution in [0.5, 0.6) is 0 Å². The lowest BCUT2D eigenvalue weighted by atomic mass is 9.84. The smallest absolute Gasteiger partial charge is 0.143 e. The van der Waals surface area contributed by atoms with Gasteiger partial charge >= 0.3 is 0 Å². The van der Waals surface area contributed by atoms with Gasteiger partial charge in [-0.25, -0.2) is 0 Å². The van der Waals surface area contributed by atoms with Gasteiger partial charge in [-0.3, -0.25) is 0 Å². The van der Waals surface area contributed by atoms with Crippen molar-refractivity contribution in [3.05, 3.63) is 169 Å². The van der Waals surface area contributed by atoms with Crippen LogP contribution in [0.3, 0.4) is 0 Å². The molecule has 0 aliphatic heterocycles. The van der Waals surface area contributed by atoms with Gasteiger partial charge in [-0.1, -0.05) is 157 Å². The van der Waals surface area contributed by atoms with Gasteiger partial charge in [0, 0.05) is 22.1 Å². The fourth-order valence-electron chi connectivity index (χ4n) is 5.82. The van der Waals surface area contributed by atoms with Crippen molar-refractivity contribution in [2.45, 2.75) is 0 Å². The van der Waals surface area contributed by atoms with Crippen molar-refractivity contribution in [3.63, 3.8) is 0 Å². The maximum Gasteiger partial charge on any atom is 0.143 e. The minimum Gasteiger partial charge on any atom is -0.455 e. The predicted octanol–water partition coefficient (Wildman–Crippen LogP) is 12.6. The molecule has 0 aliphatic rings. The second-order valence-corrected chi connectivity index (χ2v) is 10.1. The first-order valence-corrected chi connectivity index (χ1v) is 13.8. The van der Waals surface area contributed by atoms with E-state index in [1.54, 1.807) is 30.3 Å². The standard InChI is InChI=1S/C44H28O/c1-3-14-29(15-4-1)32-26-27-39-40(28-32)45-44(38-25-13-19-30-16-7-8-20-33(30)38)43(39)42-36-23-11-9-21-34(36)41(31-17-5-2-6-18-31)35-22-10-12-24-37(35)42/h1-28H/i1D,3D,4D,7D,8D,9D,10D,11D,12D,13D,14D,15D,16D,19D,20D,21D,22D,23D,24D,25D. The molecule has 9 aromatic rings. The van der Waals surface area contributed by atoms with Crippen LogP contribution in [0, 0.1) is 0 Å². The van der Waals surface area contributed by atoms with Crippen molar-refractivity contribution < 1.29 is 31.8 Å². The Morgan fingerprint density at radius 3 is 1.71 bits per heavy atom. The summed E-state index contributed by atoms with van der Waals surface area (Å²) in [5.74, 6) is -0.471. The predicted molar refractivity (Wildman–Crippen MR) is 190 cm³/mol. The quantitative estimate of drug-likeness (QED) is 0.185. The molecule has 0 aliphatic carbocycles. The van der Waals surface area contributed by atoms with Crippen LogP contribution < -0.4 is 0 Å². The van der Waals surface area contributed by atoms with Gasteiger partial charge in [0.1, 0.15) is 11.3 Å². The highest BCUT2D eigenvalue weighted by atomic mass is 16.3. The summed E-state index contributed by atoms with van der Waals surface area (Å²) in [6.07, 6.45) is 0. The van der Waals surface area contributed by atoms with Crippen molar-refractivity contribution in [1.82, 2.24) is 0 Å². The summed E-state index contributed by atoms with van der Waals surface area (Å²) in [6, 6.07) is -1.32. The first-order chi connectivity index (χ1) is 30.6. The maximum absolute atomic E-state index is 9.51. The van der Waals surface area contributed by atoms with Crippen molar-refractivity contribution >= 4 is 43.3 Å². The van der Waals surface area contributed by atoms with E-state index in [-0.39, 0.29) is 60.3 Å². The van der Waals surface area contributed by atoms with E-state index in [0.717, 1.165) is 0 Å². The first kappa shape index (κ1) is 12.6. The van der Waals surface area contributed by atoms with E-state index in [4.69, 9.17) is 25.0 Å². The summed E-state index contributed by atoms with van der Waals surface area (Å²) in [6.45, 7) is 0. The van der Waals surface area contributed by atoms with Crippen molar-refractivity contribution in [1.29, 1.82) is 0 Å². The van der Waals surface area contributed by atoms with Gasteiger partial charge in [-0.15, -0.1) is 0 Å². The molecular formula is C44H28O. The third-order valence-corrected chi connectivity index (χ3v) is 7.71. The molecule has 0 spiro atoms. The number of fused-ring (bicyclic) bond motifs is 4. The van der Waals surface area contributed by atoms with Gasteiger partial charge in [0.15, 0.2) is 0 Å². The van der Waals surface area contributed by atoms with Gasteiger partial charge in [0.2, 0.25) is 0 Å². The molecule has 0 fully saturated rings. The maximum atomic E-state index is 9.51. The summed E-state index contributed by atoms with van der Waals surface area (Å²) in [7, 11) is 0. The van der Waals surface area contributed by atoms with Crippen LogP contribution >= 0.6 is 0 Å². The van der Waals surface area contributed by atoms with E-state index >= 15 is 0 Å². The Bertz CT molecular complexity index is 3540. The minimum absolute atomic E-state index is 0.0147. The zero-order valence-corrected chi connectivity index (χ0v) is 23.0. The molecule has 1 nitrogen and oxygen atoms in total. The molecule has 1 aromatic heterocycles. The Morgan fingerprint density at radius 1 is 0.400 bits per heavy atom. The van der Waals surface area contributed by atoms with Crippen LogP contribution in [0.15, 0.2) is 174 Å². The molecule has 0 saturated heterocycles. The van der Waals surface area contributed by atoms with Crippen molar-refractivity contribution in [3.8, 4) is 44.7 Å². The lowest BCUT2D eigenvalue weighted by Crippen LogP contribution is -1.91. The van der Waals surface area contributed by atoms with E-state index in [1.807, 2.05) is 0 Å². The molecule has 0 N–H and O–H groups in total. The van der Waals surface area contributed by atoms with Gasteiger partial charge in [-0.2, -0.15) is 0 Å². The van der Waals surface area contributed by atoms with Crippen molar-refractivity contribution in [2.75, 3.05) is 0 Å². The van der Waals surface area contributed by atoms with Crippen LogP contribution in [0.25, 0.3) is 88.0 Å². The van der Waals surface area contributed by atoms with E-state index in [9.17, 15) is 6.85 Å². The molecule has 0 atom stereocenters. The minimum atomic E-state index is -0.790. The Hall–Kier alpha value is -5.92. The molecule has 9 rings (SSSR count). The second-order valence-electron chi connectivity index (χ2n) is 10.1. The highest BCUT2D eigenvalue weighted by Gasteiger charge is 2.25. The summed E-state index contributed by atoms with van der Waals surface area (Å²) < 4.78 is 184. The molecule has 210 valence electrons. The van der Waals surface area contributed by atoms with Crippen LogP contribution in [0.1, 0.15) is 27.4 Å². The average molecular weight is 593 g/mol. The van der Waals surface area contributed by atoms with E-state index in [1.165, 1.54) is 18.2 Å². The summed E-state index contributed by atoms with van der Waals surface area (Å²) in [5.41, 5.74) is -0.988. The van der Waals surface area contributed by atoms with Crippen LogP contribution in [0.4, 0.5) is 0 Å². The molecule has 0 bridgehead atoms. The fourth-order valence-corrected chi connectivity index (χ4v) is 5.82. The van der Waals surface area contributed by atoms with Gasteiger partial charge in [0.25, 0.3) is 0 Å². The molecule has 0 radical (unpaired) electrons. The van der Waals surface area contributed by atoms with Gasteiger partial charge in [0.05, 0.1) is 27.4 Å². The average Bonchev–Trinajstić information content (AvgIpc) is 3.67. The van der Waals surface area contributed by atoms with Crippen molar-refractivity contribution in [2.24, 2.45) is 0 Å². The molecule has 45 heavy (non-hydrogen) atoms. The number of hydrogen-bond donors (Lipinski definition) is 0. The summed E-state index contributed by atoms with van der Waals surface area (Å²) in [4.78, 5) is 0. The number of benzene rings is 8. The summed E-state index contributed by atoms with van der Waals surface area (Å²) in [5, 5.41) is -1.78. The van der Waals surface area contributed by atoms with E-state index < -0.39 is 143 Å². The third kappa shape index (κ3) is 4.09. The van der Waals surface area contributed by atoms with Crippen LogP contribution in [-0.2, 0) is 0 Å². The molecule has 0 amide bonds. The third-order valence-electron chi connectivity index (χ3n) is 7.71. The normalized spacial score (nSPS) is 17.8. The highest BCUT2D eigenvalue weighted by molar-refractivity contribution is 6.25. The zero-order valence-electron chi connectivity index (χ0n) is 43.0. The van der Waals surface area contributed by atoms with E-state index in [0.29, 0.717) is 5.56 Å². The molecule has 0 saturated carbocycles. The molecule has 1 heterocycles. The number of hydrogen-bond acceptors (Lipinski definition) is 1. The lowest BCUT2D eigenvalue weighted by Gasteiger charge is -2.18. The monoisotopic (exact) mass is 592 g/mol. The zero-order chi connectivity index (χ0) is 47.1. The van der Waals surface area contributed by atoms with Crippen LogP contribution in [-0.4, -0.2) is 0 Å². The fraction of sp³-hybridized carbons (Fsp3) is 0. The highest BCUT2D eigenvalue weighted by Crippen LogP contribution is 2.50. The van der Waals surface area contributed by atoms with Crippen LogP contribution in [0.2, 0.25) is 0 Å². The Labute approximate surface area is 289 Å². The van der Waals surface area contributed by atoms with E-state index in [2.05, 4.69) is 0 Å². The van der Waals surface area contributed by atoms with Gasteiger partial charge < -0.3 is 4.42 Å². The second kappa shape index (κ2) is 10.4. The summed E-state index contributed by atoms with van der Waals surface area (Å²) >= 11 is 0. The molecule has 1 heteroatoms. The number of furan rings is 1. The Morgan fingerprint density at radius 2 is 1.00 bits per heavy atom. The Kier molecular flexibility index (Phi) is 2.90.